The van der Waals surface area contributed by atoms with Crippen LogP contribution in [0.15, 0.2) is 72.9 Å². The number of fused-ring (bicyclic) bond motifs is 1. The van der Waals surface area contributed by atoms with Crippen LogP contribution in [0.1, 0.15) is 205 Å². The Labute approximate surface area is 685 Å². The number of ketones is 5. The monoisotopic (exact) mass is 1630 g/mol. The molecular formula is C84H127N15O18. The van der Waals surface area contributed by atoms with Crippen LogP contribution in [0.2, 0.25) is 0 Å². The molecule has 0 bridgehead atoms. The number of nitrogens with two attached hydrogens (primary N) is 2. The lowest BCUT2D eigenvalue weighted by atomic mass is 9.82. The molecule has 1 aliphatic heterocycles. The molecule has 3 aromatic rings. The van der Waals surface area contributed by atoms with Crippen molar-refractivity contribution < 1.29 is 86.6 Å². The minimum atomic E-state index is -1.78. The van der Waals surface area contributed by atoms with Crippen molar-refractivity contribution in [1.29, 1.82) is 0 Å². The Morgan fingerprint density at radius 3 is 1.76 bits per heavy atom. The molecule has 117 heavy (non-hydrogen) atoms. The molecule has 3 unspecified atom stereocenters. The van der Waals surface area contributed by atoms with Gasteiger partial charge in [0.05, 0.1) is 41.7 Å². The zero-order valence-corrected chi connectivity index (χ0v) is 70.4. The van der Waals surface area contributed by atoms with E-state index in [1.807, 2.05) is 58.0 Å². The van der Waals surface area contributed by atoms with E-state index in [1.54, 1.807) is 42.6 Å². The van der Waals surface area contributed by atoms with E-state index in [9.17, 15) is 72.2 Å². The molecule has 0 radical (unpaired) electrons. The smallest absolute Gasteiger partial charge is 0.246 e. The fourth-order valence-electron chi connectivity index (χ4n) is 13.5. The average Bonchev–Trinajstić information content (AvgIpc) is 1.80. The number of aromatic nitrogens is 1. The number of aliphatic hydroxyl groups excluding tert-OH is 1. The number of aliphatic hydroxyl groups is 1. The number of rotatable bonds is 34. The lowest BCUT2D eigenvalue weighted by molar-refractivity contribution is -0.141. The number of primary amides is 2. The summed E-state index contributed by atoms with van der Waals surface area (Å²) in [5.74, 6) is -17.1. The summed E-state index contributed by atoms with van der Waals surface area (Å²) in [5, 5.41) is 44.0. The number of nitrogens with one attached hydrogen (secondary N) is 13. The molecule has 18 N–H and O–H groups in total. The molecule has 4 rings (SSSR count). The zero-order chi connectivity index (χ0) is 87.8. The molecular weight excluding hydrogens is 1510 g/mol. The number of allylic oxidation sites excluding steroid dienone is 2. The van der Waals surface area contributed by atoms with Crippen molar-refractivity contribution in [1.82, 2.24) is 68.8 Å². The fourth-order valence-corrected chi connectivity index (χ4v) is 13.5. The molecule has 16 atom stereocenters. The predicted molar refractivity (Wildman–Crippen MR) is 439 cm³/mol. The topological polar surface area (TPSA) is 523 Å². The van der Waals surface area contributed by atoms with Crippen LogP contribution < -0.4 is 75.3 Å². The maximum Gasteiger partial charge on any atom is 0.246 e. The summed E-state index contributed by atoms with van der Waals surface area (Å²) in [6.07, 6.45) is 6.38. The first-order valence-corrected chi connectivity index (χ1v) is 40.6. The van der Waals surface area contributed by atoms with Crippen LogP contribution in [0.25, 0.3) is 10.9 Å². The van der Waals surface area contributed by atoms with Gasteiger partial charge >= 0.3 is 0 Å². The second-order valence-electron chi connectivity index (χ2n) is 32.5. The second kappa shape index (κ2) is 47.7. The highest BCUT2D eigenvalue weighted by atomic mass is 16.3. The summed E-state index contributed by atoms with van der Waals surface area (Å²) in [7, 11) is 0. The van der Waals surface area contributed by atoms with Gasteiger partial charge in [-0.05, 0) is 156 Å². The SMILES string of the molecule is CC(=O)N[C@@H](CC(C)C)C(=O)N[C@H](C(=O)N[C@@H](Cc1ccccc1)C(=O)N[C@]1(C)CCCCCC/C=C/CCC[C@@](C)(C(=O)NC(C)C(=O)N[C@@H](C)C(=O)NC(C)C(=O)N[C@@H](C)C(=O)C(=O)[C@H](C)NC[C@H](C)C(N)=O)NC(=O)[C@H](CC(C)C)CN[C@@H](CCC(N)=O)C(=O)C(=O)C(C)NC(=O)[C@H](Cc2c[nH]c3ccccc23)CC1=O)[C@@H](C)O. The number of Topliss-reactive ketones (excluding diaryl/α,β-unsaturated/α-hetero) is 5. The molecule has 2 heterocycles. The molecule has 0 saturated heterocycles. The summed E-state index contributed by atoms with van der Waals surface area (Å²) >= 11 is 0. The number of hydrogen-bond acceptors (Lipinski definition) is 20. The summed E-state index contributed by atoms with van der Waals surface area (Å²) < 4.78 is 0. The molecule has 33 heteroatoms. The van der Waals surface area contributed by atoms with E-state index >= 15 is 14.4 Å². The Hall–Kier alpha value is -10.4. The highest BCUT2D eigenvalue weighted by Crippen LogP contribution is 2.28. The summed E-state index contributed by atoms with van der Waals surface area (Å²) in [6.45, 7) is 22.1. The van der Waals surface area contributed by atoms with E-state index in [1.165, 1.54) is 76.2 Å². The van der Waals surface area contributed by atoms with E-state index in [4.69, 9.17) is 11.5 Å². The van der Waals surface area contributed by atoms with Crippen LogP contribution in [-0.4, -0.2) is 201 Å². The third-order valence-corrected chi connectivity index (χ3v) is 20.8. The number of carbonyl (C=O) groups is 17. The van der Waals surface area contributed by atoms with Crippen molar-refractivity contribution in [2.45, 2.75) is 284 Å². The standard InChI is InChI=1S/C84H127N15O18/c1-46(2)38-60-45-89-63(34-35-67(85)103)72(107)71(106)51(8)91-77(112)58(41-59-44-88-62-33-27-26-32-61(59)62)42-66(102)83(14,99-80(115)65(40-57-30-24-23-25-31-57)96-81(116)68(55(12)100)97-79(114)64(39-47(3)4)95-56(13)101)36-28-21-19-17-16-18-20-22-29-37-84(15,98-78(60)113)82(117)94-54(11)76(111)93-53(10)75(110)92-52(9)74(109)90-50(7)70(105)69(104)49(6)87-43-48(5)73(86)108/h18,20,23-27,30-33,44,46-55,58,60,63-65,68,87-89,100H,16-17,19,21-22,28-29,34-43,45H2,1-15H3,(H2,85,103)(H2,86,108)(H,90,109)(H,91,112)(H,92,110)(H,93,111)(H,94,117)(H,95,101)(H,96,116)(H,97,114)(H,98,113)(H,99,115)/b20-18+/t48-,49-,50-,51?,52?,53-,54?,55+,58+,60+,63-,64-,65-,68-,83+,84-/m0/s1. The Kier molecular flexibility index (Phi) is 40.4. The van der Waals surface area contributed by atoms with Gasteiger partial charge in [-0.25, -0.2) is 0 Å². The van der Waals surface area contributed by atoms with Crippen LogP contribution in [-0.2, 0) is 94.3 Å². The van der Waals surface area contributed by atoms with Gasteiger partial charge in [-0.2, -0.15) is 0 Å². The number of hydrogen-bond donors (Lipinski definition) is 16. The van der Waals surface area contributed by atoms with Crippen molar-refractivity contribution in [3.63, 3.8) is 0 Å². The van der Waals surface area contributed by atoms with Gasteiger partial charge in [0.2, 0.25) is 94.0 Å². The molecule has 1 aliphatic rings. The first kappa shape index (κ1) is 99.0. The van der Waals surface area contributed by atoms with E-state index in [0.717, 1.165) is 0 Å². The number of carbonyl (C=O) groups excluding carboxylic acids is 17. The van der Waals surface area contributed by atoms with Gasteiger partial charge in [0.15, 0.2) is 5.78 Å². The Morgan fingerprint density at radius 2 is 1.17 bits per heavy atom. The molecule has 0 fully saturated rings. The summed E-state index contributed by atoms with van der Waals surface area (Å²) in [5.41, 5.74) is 9.28. The minimum absolute atomic E-state index is 0.00286. The Bertz CT molecular complexity index is 4010. The molecule has 0 spiro atoms. The molecule has 646 valence electrons. The molecule has 12 amide bonds. The van der Waals surface area contributed by atoms with Crippen molar-refractivity contribution in [2.75, 3.05) is 13.1 Å². The number of benzene rings is 2. The number of aromatic amines is 1. The second-order valence-corrected chi connectivity index (χ2v) is 32.5. The van der Waals surface area contributed by atoms with Crippen LogP contribution in [0.3, 0.4) is 0 Å². The highest BCUT2D eigenvalue weighted by molar-refractivity contribution is 6.41. The molecule has 2 aromatic carbocycles. The quantitative estimate of drug-likeness (QED) is 0.0300. The maximum absolute atomic E-state index is 15.6. The number of H-pyrrole nitrogens is 1. The van der Waals surface area contributed by atoms with Crippen molar-refractivity contribution >= 4 is 111 Å². The first-order valence-electron chi connectivity index (χ1n) is 40.6. The first-order chi connectivity index (χ1) is 54.9. The average molecular weight is 1640 g/mol. The lowest BCUT2D eigenvalue weighted by Gasteiger charge is -2.33. The van der Waals surface area contributed by atoms with Gasteiger partial charge in [-0.1, -0.05) is 115 Å². The largest absolute Gasteiger partial charge is 0.391 e. The van der Waals surface area contributed by atoms with Crippen LogP contribution >= 0.6 is 0 Å². The van der Waals surface area contributed by atoms with Gasteiger partial charge in [-0.3, -0.25) is 81.5 Å². The van der Waals surface area contributed by atoms with E-state index in [-0.39, 0.29) is 69.9 Å². The third kappa shape index (κ3) is 32.5. The summed E-state index contributed by atoms with van der Waals surface area (Å²) in [4.78, 5) is 238. The van der Waals surface area contributed by atoms with Gasteiger partial charge in [0, 0.05) is 68.2 Å². The van der Waals surface area contributed by atoms with Gasteiger partial charge in [0.25, 0.3) is 0 Å². The third-order valence-electron chi connectivity index (χ3n) is 20.8. The van der Waals surface area contributed by atoms with Crippen molar-refractivity contribution in [3.05, 3.63) is 84.1 Å². The number of para-hydroxylation sites is 1. The fraction of sp³-hybridized carbons (Fsp3) is 0.607. The van der Waals surface area contributed by atoms with Crippen LogP contribution in [0, 0.1) is 29.6 Å². The molecule has 0 aliphatic carbocycles. The molecule has 1 aromatic heterocycles. The van der Waals surface area contributed by atoms with Gasteiger partial charge in [0.1, 0.15) is 41.8 Å². The normalized spacial score (nSPS) is 22.2. The van der Waals surface area contributed by atoms with E-state index in [2.05, 4.69) is 68.8 Å². The lowest BCUT2D eigenvalue weighted by Crippen LogP contribution is -2.62. The highest BCUT2D eigenvalue weighted by Gasteiger charge is 2.43. The predicted octanol–water partition coefficient (Wildman–Crippen LogP) is 2.05. The van der Waals surface area contributed by atoms with Gasteiger partial charge in [-0.15, -0.1) is 0 Å². The Balaban J connectivity index is 1.70. The zero-order valence-electron chi connectivity index (χ0n) is 70.4. The van der Waals surface area contributed by atoms with Crippen molar-refractivity contribution in [3.8, 4) is 0 Å². The Morgan fingerprint density at radius 1 is 0.590 bits per heavy atom. The minimum Gasteiger partial charge on any atom is -0.391 e. The number of amides is 12. The van der Waals surface area contributed by atoms with E-state index in [0.29, 0.717) is 67.0 Å². The van der Waals surface area contributed by atoms with Gasteiger partial charge < -0.3 is 85.4 Å². The maximum atomic E-state index is 15.6. The molecule has 33 nitrogen and oxygen atoms in total. The molecule has 0 saturated carbocycles. The summed E-state index contributed by atoms with van der Waals surface area (Å²) in [6, 6.07) is 2.40. The van der Waals surface area contributed by atoms with E-state index < -0.39 is 208 Å². The van der Waals surface area contributed by atoms with Crippen LogP contribution in [0.4, 0.5) is 0 Å². The van der Waals surface area contributed by atoms with Crippen LogP contribution in [0.5, 0.6) is 0 Å². The van der Waals surface area contributed by atoms with Crippen molar-refractivity contribution in [2.24, 2.45) is 41.1 Å².